The first kappa shape index (κ1) is 17.0. The standard InChI is InChI=1S/C21H20N4O2/c1-13-11-15(27-21-17-8-10-26-18(17)7-9-22-21)5-6-16(13)19-14(2)23-12-24-20(19)25(3)4/h5-12H,1-4H3. The largest absolute Gasteiger partial charge is 0.464 e. The number of benzene rings is 1. The number of furan rings is 1. The van der Waals surface area contributed by atoms with Crippen LogP contribution in [0.2, 0.25) is 0 Å². The molecule has 1 aromatic carbocycles. The van der Waals surface area contributed by atoms with Crippen molar-refractivity contribution in [1.29, 1.82) is 0 Å². The molecular formula is C21H20N4O2. The van der Waals surface area contributed by atoms with Crippen molar-refractivity contribution in [2.45, 2.75) is 13.8 Å². The molecule has 0 saturated heterocycles. The van der Waals surface area contributed by atoms with Crippen LogP contribution in [0.4, 0.5) is 5.82 Å². The van der Waals surface area contributed by atoms with Crippen LogP contribution in [0, 0.1) is 13.8 Å². The molecule has 27 heavy (non-hydrogen) atoms. The molecule has 6 heteroatoms. The van der Waals surface area contributed by atoms with Gasteiger partial charge in [0.25, 0.3) is 0 Å². The molecule has 0 amide bonds. The number of rotatable bonds is 4. The van der Waals surface area contributed by atoms with E-state index >= 15 is 0 Å². The van der Waals surface area contributed by atoms with Gasteiger partial charge in [-0.15, -0.1) is 0 Å². The Labute approximate surface area is 157 Å². The molecule has 0 aliphatic heterocycles. The fourth-order valence-electron chi connectivity index (χ4n) is 3.16. The van der Waals surface area contributed by atoms with Crippen LogP contribution >= 0.6 is 0 Å². The summed E-state index contributed by atoms with van der Waals surface area (Å²) >= 11 is 0. The Morgan fingerprint density at radius 1 is 1.00 bits per heavy atom. The number of pyridine rings is 1. The predicted octanol–water partition coefficient (Wildman–Crippen LogP) is 4.76. The molecule has 0 aliphatic rings. The van der Waals surface area contributed by atoms with Gasteiger partial charge in [0.1, 0.15) is 23.5 Å². The van der Waals surface area contributed by atoms with Gasteiger partial charge in [0.2, 0.25) is 5.88 Å². The summed E-state index contributed by atoms with van der Waals surface area (Å²) in [7, 11) is 3.96. The molecule has 4 aromatic rings. The summed E-state index contributed by atoms with van der Waals surface area (Å²) in [6.45, 7) is 4.05. The minimum absolute atomic E-state index is 0.529. The summed E-state index contributed by atoms with van der Waals surface area (Å²) in [5, 5.41) is 0.849. The van der Waals surface area contributed by atoms with Crippen LogP contribution in [0.3, 0.4) is 0 Å². The number of hydrogen-bond donors (Lipinski definition) is 0. The van der Waals surface area contributed by atoms with Crippen LogP contribution < -0.4 is 9.64 Å². The van der Waals surface area contributed by atoms with Crippen molar-refractivity contribution < 1.29 is 9.15 Å². The summed E-state index contributed by atoms with van der Waals surface area (Å²) in [5.41, 5.74) is 4.88. The van der Waals surface area contributed by atoms with Gasteiger partial charge in [-0.2, -0.15) is 0 Å². The summed E-state index contributed by atoms with van der Waals surface area (Å²) in [6.07, 6.45) is 4.91. The van der Waals surface area contributed by atoms with E-state index in [2.05, 4.69) is 21.9 Å². The Hall–Kier alpha value is -3.41. The number of aryl methyl sites for hydroxylation is 2. The maximum absolute atomic E-state index is 6.02. The summed E-state index contributed by atoms with van der Waals surface area (Å²) in [6, 6.07) is 9.65. The molecule has 0 fully saturated rings. The number of hydrogen-bond acceptors (Lipinski definition) is 6. The molecule has 0 bridgehead atoms. The highest BCUT2D eigenvalue weighted by Crippen LogP contribution is 2.35. The summed E-state index contributed by atoms with van der Waals surface area (Å²) in [5.74, 6) is 2.14. The summed E-state index contributed by atoms with van der Waals surface area (Å²) in [4.78, 5) is 15.1. The lowest BCUT2D eigenvalue weighted by atomic mass is 9.99. The van der Waals surface area contributed by atoms with Crippen molar-refractivity contribution in [2.75, 3.05) is 19.0 Å². The zero-order valence-corrected chi connectivity index (χ0v) is 15.7. The molecule has 4 rings (SSSR count). The van der Waals surface area contributed by atoms with Crippen LogP contribution in [0.25, 0.3) is 22.1 Å². The van der Waals surface area contributed by atoms with E-state index in [1.54, 1.807) is 18.8 Å². The van der Waals surface area contributed by atoms with Crippen LogP contribution in [-0.4, -0.2) is 29.0 Å². The average Bonchev–Trinajstić information content (AvgIpc) is 3.12. The van der Waals surface area contributed by atoms with Crippen molar-refractivity contribution in [2.24, 2.45) is 0 Å². The van der Waals surface area contributed by atoms with E-state index in [0.29, 0.717) is 5.88 Å². The Morgan fingerprint density at radius 3 is 2.63 bits per heavy atom. The molecule has 0 radical (unpaired) electrons. The molecular weight excluding hydrogens is 340 g/mol. The molecule has 0 unspecified atom stereocenters. The van der Waals surface area contributed by atoms with Crippen molar-refractivity contribution in [3.05, 3.63) is 60.4 Å². The van der Waals surface area contributed by atoms with Gasteiger partial charge in [0, 0.05) is 25.9 Å². The first-order valence-corrected chi connectivity index (χ1v) is 8.64. The molecule has 136 valence electrons. The number of anilines is 1. The predicted molar refractivity (Wildman–Crippen MR) is 105 cm³/mol. The highest BCUT2D eigenvalue weighted by atomic mass is 16.5. The fraction of sp³-hybridized carbons (Fsp3) is 0.190. The second-order valence-corrected chi connectivity index (χ2v) is 6.58. The third kappa shape index (κ3) is 3.10. The van der Waals surface area contributed by atoms with Crippen molar-refractivity contribution >= 4 is 16.8 Å². The third-order valence-corrected chi connectivity index (χ3v) is 4.47. The quantitative estimate of drug-likeness (QED) is 0.523. The van der Waals surface area contributed by atoms with E-state index < -0.39 is 0 Å². The van der Waals surface area contributed by atoms with E-state index in [0.717, 1.165) is 44.9 Å². The summed E-state index contributed by atoms with van der Waals surface area (Å²) < 4.78 is 11.4. The molecule has 0 aliphatic carbocycles. The maximum atomic E-state index is 6.02. The van der Waals surface area contributed by atoms with Crippen LogP contribution in [0.15, 0.2) is 53.5 Å². The van der Waals surface area contributed by atoms with Gasteiger partial charge in [0.15, 0.2) is 0 Å². The van der Waals surface area contributed by atoms with Gasteiger partial charge in [-0.25, -0.2) is 15.0 Å². The van der Waals surface area contributed by atoms with E-state index in [1.165, 1.54) is 0 Å². The Bertz CT molecular complexity index is 1120. The lowest BCUT2D eigenvalue weighted by Crippen LogP contribution is -2.13. The van der Waals surface area contributed by atoms with Gasteiger partial charge in [0.05, 0.1) is 17.3 Å². The molecule has 0 N–H and O–H groups in total. The number of ether oxygens (including phenoxy) is 1. The highest BCUT2D eigenvalue weighted by Gasteiger charge is 2.15. The number of nitrogens with zero attached hydrogens (tertiary/aromatic N) is 4. The normalized spacial score (nSPS) is 11.0. The Kier molecular flexibility index (Phi) is 4.24. The second-order valence-electron chi connectivity index (χ2n) is 6.58. The SMILES string of the molecule is Cc1cc(Oc2nccc3occc23)ccc1-c1c(C)ncnc1N(C)C. The van der Waals surface area contributed by atoms with E-state index in [9.17, 15) is 0 Å². The molecule has 0 atom stereocenters. The van der Waals surface area contributed by atoms with E-state index in [4.69, 9.17) is 9.15 Å². The fourth-order valence-corrected chi connectivity index (χ4v) is 3.16. The molecule has 0 saturated carbocycles. The lowest BCUT2D eigenvalue weighted by Gasteiger charge is -2.19. The molecule has 3 heterocycles. The maximum Gasteiger partial charge on any atom is 0.230 e. The van der Waals surface area contributed by atoms with Gasteiger partial charge in [-0.3, -0.25) is 0 Å². The Morgan fingerprint density at radius 2 is 1.85 bits per heavy atom. The minimum Gasteiger partial charge on any atom is -0.464 e. The van der Waals surface area contributed by atoms with Gasteiger partial charge in [-0.05, 0) is 49.2 Å². The van der Waals surface area contributed by atoms with E-state index in [1.807, 2.05) is 56.3 Å². The van der Waals surface area contributed by atoms with Crippen LogP contribution in [0.5, 0.6) is 11.6 Å². The molecule has 0 spiro atoms. The third-order valence-electron chi connectivity index (χ3n) is 4.47. The number of aromatic nitrogens is 3. The van der Waals surface area contributed by atoms with Gasteiger partial charge >= 0.3 is 0 Å². The van der Waals surface area contributed by atoms with Crippen molar-refractivity contribution in [3.8, 4) is 22.8 Å². The van der Waals surface area contributed by atoms with E-state index in [-0.39, 0.29) is 0 Å². The lowest BCUT2D eigenvalue weighted by molar-refractivity contribution is 0.468. The highest BCUT2D eigenvalue weighted by molar-refractivity contribution is 5.82. The van der Waals surface area contributed by atoms with Crippen LogP contribution in [-0.2, 0) is 0 Å². The monoisotopic (exact) mass is 360 g/mol. The van der Waals surface area contributed by atoms with Gasteiger partial charge in [-0.1, -0.05) is 6.07 Å². The zero-order valence-electron chi connectivity index (χ0n) is 15.7. The zero-order chi connectivity index (χ0) is 19.0. The second kappa shape index (κ2) is 6.72. The van der Waals surface area contributed by atoms with Gasteiger partial charge < -0.3 is 14.1 Å². The molecule has 6 nitrogen and oxygen atoms in total. The minimum atomic E-state index is 0.529. The first-order valence-electron chi connectivity index (χ1n) is 8.64. The first-order chi connectivity index (χ1) is 13.0. The van der Waals surface area contributed by atoms with Crippen molar-refractivity contribution in [1.82, 2.24) is 15.0 Å². The molecule has 3 aromatic heterocycles. The number of fused-ring (bicyclic) bond motifs is 1. The van der Waals surface area contributed by atoms with Crippen LogP contribution in [0.1, 0.15) is 11.3 Å². The topological polar surface area (TPSA) is 64.3 Å². The van der Waals surface area contributed by atoms with Crippen molar-refractivity contribution in [3.63, 3.8) is 0 Å². The Balaban J connectivity index is 1.73. The average molecular weight is 360 g/mol. The smallest absolute Gasteiger partial charge is 0.230 e.